The van der Waals surface area contributed by atoms with Gasteiger partial charge in [-0.2, -0.15) is 0 Å². The quantitative estimate of drug-likeness (QED) is 0.581. The van der Waals surface area contributed by atoms with E-state index < -0.39 is 0 Å². The second-order valence-corrected chi connectivity index (χ2v) is 2.26. The minimum absolute atomic E-state index is 0.332. The molecule has 0 heterocycles. The minimum Gasteiger partial charge on any atom is -0.389 e. The van der Waals surface area contributed by atoms with Gasteiger partial charge in [-0.3, -0.25) is 0 Å². The normalized spacial score (nSPS) is 13.8. The van der Waals surface area contributed by atoms with Crippen LogP contribution in [0.1, 0.15) is 26.2 Å². The molecule has 1 unspecified atom stereocenters. The van der Waals surface area contributed by atoms with Crippen LogP contribution in [0.4, 0.5) is 0 Å². The van der Waals surface area contributed by atoms with E-state index in [4.69, 9.17) is 5.11 Å². The maximum Gasteiger partial charge on any atom is 0.0721 e. The fourth-order valence-electron chi connectivity index (χ4n) is 0.669. The molecule has 0 aromatic rings. The first kappa shape index (κ1) is 9.44. The third kappa shape index (κ3) is 5.57. The fourth-order valence-corrected chi connectivity index (χ4v) is 0.669. The summed E-state index contributed by atoms with van der Waals surface area (Å²) in [5.74, 6) is 0. The van der Waals surface area contributed by atoms with E-state index in [9.17, 15) is 0 Å². The maximum atomic E-state index is 9.01. The molecule has 0 rings (SSSR count). The maximum absolute atomic E-state index is 9.01. The molecule has 0 radical (unpaired) electrons. The second kappa shape index (κ2) is 6.56. The van der Waals surface area contributed by atoms with Crippen LogP contribution in [0.3, 0.4) is 0 Å². The largest absolute Gasteiger partial charge is 0.389 e. The van der Waals surface area contributed by atoms with Gasteiger partial charge in [-0.25, -0.2) is 0 Å². The van der Waals surface area contributed by atoms with Crippen molar-refractivity contribution in [1.29, 1.82) is 0 Å². The average molecular weight is 140 g/mol. The lowest BCUT2D eigenvalue weighted by Crippen LogP contribution is -1.99. The van der Waals surface area contributed by atoms with Crippen LogP contribution in [0.5, 0.6) is 0 Å². The molecule has 0 fully saturated rings. The van der Waals surface area contributed by atoms with Crippen LogP contribution in [0.15, 0.2) is 24.8 Å². The first-order valence-electron chi connectivity index (χ1n) is 3.76. The third-order valence-electron chi connectivity index (χ3n) is 1.30. The molecule has 0 spiro atoms. The Morgan fingerprint density at radius 2 is 2.20 bits per heavy atom. The molecule has 0 aliphatic carbocycles. The highest BCUT2D eigenvalue weighted by Crippen LogP contribution is 1.98. The Morgan fingerprint density at radius 1 is 1.50 bits per heavy atom. The molecule has 1 nitrogen and oxygen atoms in total. The minimum atomic E-state index is -0.332. The molecule has 10 heavy (non-hydrogen) atoms. The van der Waals surface area contributed by atoms with Crippen molar-refractivity contribution < 1.29 is 5.11 Å². The van der Waals surface area contributed by atoms with Gasteiger partial charge in [-0.05, 0) is 19.3 Å². The van der Waals surface area contributed by atoms with Gasteiger partial charge in [0.25, 0.3) is 0 Å². The summed E-state index contributed by atoms with van der Waals surface area (Å²) in [7, 11) is 0. The molecular formula is C9H16O. The topological polar surface area (TPSA) is 20.2 Å². The fraction of sp³-hybridized carbons (Fsp3) is 0.556. The van der Waals surface area contributed by atoms with E-state index in [2.05, 4.69) is 25.7 Å². The molecule has 0 aromatic heterocycles. The third-order valence-corrected chi connectivity index (χ3v) is 1.30. The van der Waals surface area contributed by atoms with E-state index in [0.29, 0.717) is 0 Å². The number of hydrogen-bond donors (Lipinski definition) is 1. The summed E-state index contributed by atoms with van der Waals surface area (Å²) in [6, 6.07) is 0. The second-order valence-electron chi connectivity index (χ2n) is 2.26. The Balaban J connectivity index is 3.18. The van der Waals surface area contributed by atoms with Crippen molar-refractivity contribution in [2.24, 2.45) is 0 Å². The van der Waals surface area contributed by atoms with Crippen LogP contribution >= 0.6 is 0 Å². The van der Waals surface area contributed by atoms with Crippen LogP contribution < -0.4 is 0 Å². The number of aliphatic hydroxyl groups excluding tert-OH is 1. The van der Waals surface area contributed by atoms with Gasteiger partial charge in [-0.15, -0.1) is 6.58 Å². The lowest BCUT2D eigenvalue weighted by Gasteiger charge is -1.99. The van der Waals surface area contributed by atoms with E-state index in [1.54, 1.807) is 6.08 Å². The average Bonchev–Trinajstić information content (AvgIpc) is 1.98. The standard InChI is InChI=1S/C9H16O/c1-3-5-6-7-8-9(10)4-2/h4-6,9-10H,2-3,7-8H2,1H3. The number of hydrogen-bond acceptors (Lipinski definition) is 1. The van der Waals surface area contributed by atoms with Crippen LogP contribution in [-0.2, 0) is 0 Å². The van der Waals surface area contributed by atoms with Crippen molar-refractivity contribution >= 4 is 0 Å². The summed E-state index contributed by atoms with van der Waals surface area (Å²) in [5.41, 5.74) is 0. The predicted molar refractivity (Wildman–Crippen MR) is 44.9 cm³/mol. The Morgan fingerprint density at radius 3 is 2.70 bits per heavy atom. The summed E-state index contributed by atoms with van der Waals surface area (Å²) >= 11 is 0. The van der Waals surface area contributed by atoms with Crippen molar-refractivity contribution in [2.45, 2.75) is 32.3 Å². The smallest absolute Gasteiger partial charge is 0.0721 e. The van der Waals surface area contributed by atoms with Crippen molar-refractivity contribution in [3.8, 4) is 0 Å². The van der Waals surface area contributed by atoms with E-state index >= 15 is 0 Å². The highest BCUT2D eigenvalue weighted by atomic mass is 16.3. The van der Waals surface area contributed by atoms with E-state index in [0.717, 1.165) is 19.3 Å². The van der Waals surface area contributed by atoms with Crippen molar-refractivity contribution in [3.05, 3.63) is 24.8 Å². The highest BCUT2D eigenvalue weighted by Gasteiger charge is 1.92. The summed E-state index contributed by atoms with van der Waals surface area (Å²) < 4.78 is 0. The first-order valence-corrected chi connectivity index (χ1v) is 3.76. The van der Waals surface area contributed by atoms with Crippen molar-refractivity contribution in [3.63, 3.8) is 0 Å². The van der Waals surface area contributed by atoms with Gasteiger partial charge < -0.3 is 5.11 Å². The highest BCUT2D eigenvalue weighted by molar-refractivity contribution is 4.84. The zero-order valence-corrected chi connectivity index (χ0v) is 6.59. The molecule has 0 aromatic carbocycles. The number of aliphatic hydroxyl groups is 1. The van der Waals surface area contributed by atoms with E-state index in [1.165, 1.54) is 0 Å². The van der Waals surface area contributed by atoms with Crippen LogP contribution in [0, 0.1) is 0 Å². The molecular weight excluding hydrogens is 124 g/mol. The van der Waals surface area contributed by atoms with Gasteiger partial charge in [0.2, 0.25) is 0 Å². The molecule has 1 N–H and O–H groups in total. The van der Waals surface area contributed by atoms with Crippen molar-refractivity contribution in [1.82, 2.24) is 0 Å². The molecule has 0 aliphatic heterocycles. The van der Waals surface area contributed by atoms with Crippen molar-refractivity contribution in [2.75, 3.05) is 0 Å². The van der Waals surface area contributed by atoms with E-state index in [-0.39, 0.29) is 6.10 Å². The summed E-state index contributed by atoms with van der Waals surface area (Å²) in [6.07, 6.45) is 8.24. The van der Waals surface area contributed by atoms with Gasteiger partial charge in [0.15, 0.2) is 0 Å². The Hall–Kier alpha value is -0.560. The molecule has 0 aliphatic rings. The van der Waals surface area contributed by atoms with Gasteiger partial charge >= 0.3 is 0 Å². The zero-order valence-electron chi connectivity index (χ0n) is 6.59. The molecule has 58 valence electrons. The van der Waals surface area contributed by atoms with Crippen LogP contribution in [0.2, 0.25) is 0 Å². The number of allylic oxidation sites excluding steroid dienone is 2. The molecule has 0 saturated heterocycles. The lowest BCUT2D eigenvalue weighted by atomic mass is 10.2. The van der Waals surface area contributed by atoms with E-state index in [1.807, 2.05) is 0 Å². The van der Waals surface area contributed by atoms with Gasteiger partial charge in [-0.1, -0.05) is 25.2 Å². The van der Waals surface area contributed by atoms with Gasteiger partial charge in [0, 0.05) is 0 Å². The molecule has 1 heteroatoms. The lowest BCUT2D eigenvalue weighted by molar-refractivity contribution is 0.214. The molecule has 0 bridgehead atoms. The summed E-state index contributed by atoms with van der Waals surface area (Å²) in [4.78, 5) is 0. The van der Waals surface area contributed by atoms with Crippen LogP contribution in [0.25, 0.3) is 0 Å². The van der Waals surface area contributed by atoms with Gasteiger partial charge in [0.1, 0.15) is 0 Å². The SMILES string of the molecule is C=CC(O)CCC=CCC. The summed E-state index contributed by atoms with van der Waals surface area (Å²) in [5, 5.41) is 9.01. The monoisotopic (exact) mass is 140 g/mol. The first-order chi connectivity index (χ1) is 4.81. The molecule has 1 atom stereocenters. The molecule has 0 saturated carbocycles. The molecule has 0 amide bonds. The Labute approximate surface area is 63.1 Å². The Kier molecular flexibility index (Phi) is 6.19. The van der Waals surface area contributed by atoms with Crippen LogP contribution in [-0.4, -0.2) is 11.2 Å². The summed E-state index contributed by atoms with van der Waals surface area (Å²) in [6.45, 7) is 5.58. The van der Waals surface area contributed by atoms with Gasteiger partial charge in [0.05, 0.1) is 6.10 Å². The number of rotatable bonds is 5. The Bertz CT molecular complexity index is 105. The predicted octanol–water partition coefficient (Wildman–Crippen LogP) is 2.28. The zero-order chi connectivity index (χ0) is 7.82.